The Morgan fingerprint density at radius 1 is 1.39 bits per heavy atom. The highest BCUT2D eigenvalue weighted by Crippen LogP contribution is 2.34. The Kier molecular flexibility index (Phi) is 4.15. The van der Waals surface area contributed by atoms with Crippen molar-refractivity contribution in [3.8, 4) is 0 Å². The maximum atomic E-state index is 12.7. The summed E-state index contributed by atoms with van der Waals surface area (Å²) in [5.74, 6) is -0.794. The molecule has 0 aliphatic rings. The number of alkyl halides is 3. The lowest BCUT2D eigenvalue weighted by Gasteiger charge is -2.14. The van der Waals surface area contributed by atoms with Crippen molar-refractivity contribution in [1.82, 2.24) is 0 Å². The van der Waals surface area contributed by atoms with Crippen molar-refractivity contribution < 1.29 is 28.0 Å². The summed E-state index contributed by atoms with van der Waals surface area (Å²) in [5, 5.41) is 19.6. The van der Waals surface area contributed by atoms with Gasteiger partial charge in [0, 0.05) is 0 Å². The van der Waals surface area contributed by atoms with Crippen molar-refractivity contribution in [2.24, 2.45) is 0 Å². The molecule has 0 saturated carbocycles. The third kappa shape index (κ3) is 3.35. The Morgan fingerprint density at radius 3 is 2.44 bits per heavy atom. The molecule has 96 valence electrons. The van der Waals surface area contributed by atoms with E-state index in [1.807, 2.05) is 5.32 Å². The van der Waals surface area contributed by atoms with E-state index in [1.165, 1.54) is 0 Å². The van der Waals surface area contributed by atoms with E-state index < -0.39 is 30.5 Å². The zero-order valence-electron chi connectivity index (χ0n) is 9.03. The van der Waals surface area contributed by atoms with E-state index in [1.54, 1.807) is 0 Å². The van der Waals surface area contributed by atoms with Crippen LogP contribution in [-0.2, 0) is 11.0 Å². The summed E-state index contributed by atoms with van der Waals surface area (Å²) in [6.07, 6.45) is -3.90. The first kappa shape index (κ1) is 14.3. The highest BCUT2D eigenvalue weighted by molar-refractivity contribution is 6.58. The zero-order valence-corrected chi connectivity index (χ0v) is 9.03. The van der Waals surface area contributed by atoms with Gasteiger partial charge in [0.25, 0.3) is 0 Å². The fraction of sp³-hybridized carbons (Fsp3) is 0.100. The topological polar surface area (TPSA) is 69.6 Å². The SMILES string of the molecule is C=CC(=O)Nc1ccc(B(O)O)cc1C(F)(F)F. The van der Waals surface area contributed by atoms with E-state index in [9.17, 15) is 18.0 Å². The summed E-state index contributed by atoms with van der Waals surface area (Å²) in [7, 11) is -2.02. The van der Waals surface area contributed by atoms with Crippen LogP contribution in [0.5, 0.6) is 0 Å². The monoisotopic (exact) mass is 259 g/mol. The molecule has 18 heavy (non-hydrogen) atoms. The molecule has 0 aliphatic carbocycles. The van der Waals surface area contributed by atoms with Crippen LogP contribution in [0.1, 0.15) is 5.56 Å². The first-order valence-corrected chi connectivity index (χ1v) is 4.76. The lowest BCUT2D eigenvalue weighted by Crippen LogP contribution is -2.31. The molecule has 1 rings (SSSR count). The fourth-order valence-corrected chi connectivity index (χ4v) is 1.25. The Bertz CT molecular complexity index is 474. The molecular weight excluding hydrogens is 250 g/mol. The minimum atomic E-state index is -4.73. The lowest BCUT2D eigenvalue weighted by atomic mass is 9.79. The van der Waals surface area contributed by atoms with Crippen LogP contribution in [0.15, 0.2) is 30.9 Å². The second kappa shape index (κ2) is 5.24. The minimum absolute atomic E-state index is 0.320. The third-order valence-corrected chi connectivity index (χ3v) is 2.09. The second-order valence-electron chi connectivity index (χ2n) is 3.37. The second-order valence-corrected chi connectivity index (χ2v) is 3.37. The van der Waals surface area contributed by atoms with Crippen molar-refractivity contribution in [2.45, 2.75) is 6.18 Å². The van der Waals surface area contributed by atoms with E-state index in [0.29, 0.717) is 6.07 Å². The van der Waals surface area contributed by atoms with Crippen LogP contribution in [0.2, 0.25) is 0 Å². The number of carbonyl (C=O) groups is 1. The Morgan fingerprint density at radius 2 is 2.00 bits per heavy atom. The maximum Gasteiger partial charge on any atom is 0.488 e. The predicted molar refractivity (Wildman–Crippen MR) is 60.1 cm³/mol. The summed E-state index contributed by atoms with van der Waals surface area (Å²) in [5.41, 5.74) is -1.96. The molecule has 0 aliphatic heterocycles. The summed E-state index contributed by atoms with van der Waals surface area (Å²) in [6, 6.07) is 2.57. The van der Waals surface area contributed by atoms with Crippen LogP contribution in [0.25, 0.3) is 0 Å². The number of nitrogens with one attached hydrogen (secondary N) is 1. The molecule has 0 radical (unpaired) electrons. The van der Waals surface area contributed by atoms with Gasteiger partial charge in [0.15, 0.2) is 0 Å². The molecule has 0 fully saturated rings. The van der Waals surface area contributed by atoms with Gasteiger partial charge in [-0.1, -0.05) is 12.6 Å². The van der Waals surface area contributed by atoms with Gasteiger partial charge in [-0.15, -0.1) is 0 Å². The molecule has 1 aromatic rings. The maximum absolute atomic E-state index is 12.7. The summed E-state index contributed by atoms with van der Waals surface area (Å²) in [4.78, 5) is 11.0. The zero-order chi connectivity index (χ0) is 13.9. The van der Waals surface area contributed by atoms with Crippen LogP contribution in [-0.4, -0.2) is 23.1 Å². The largest absolute Gasteiger partial charge is 0.488 e. The van der Waals surface area contributed by atoms with Crippen LogP contribution in [0.3, 0.4) is 0 Å². The molecule has 0 atom stereocenters. The average Bonchev–Trinajstić information content (AvgIpc) is 2.27. The van der Waals surface area contributed by atoms with Gasteiger partial charge in [-0.05, 0) is 23.7 Å². The van der Waals surface area contributed by atoms with Gasteiger partial charge in [0.05, 0.1) is 11.3 Å². The normalized spacial score (nSPS) is 10.9. The highest BCUT2D eigenvalue weighted by Gasteiger charge is 2.34. The van der Waals surface area contributed by atoms with Crippen molar-refractivity contribution in [3.63, 3.8) is 0 Å². The summed E-state index contributed by atoms with van der Waals surface area (Å²) < 4.78 is 38.1. The van der Waals surface area contributed by atoms with Gasteiger partial charge in [-0.25, -0.2) is 0 Å². The molecule has 4 nitrogen and oxygen atoms in total. The van der Waals surface area contributed by atoms with E-state index in [0.717, 1.165) is 18.2 Å². The van der Waals surface area contributed by atoms with Crippen LogP contribution in [0.4, 0.5) is 18.9 Å². The van der Waals surface area contributed by atoms with Gasteiger partial charge in [0.1, 0.15) is 0 Å². The van der Waals surface area contributed by atoms with E-state index in [-0.39, 0.29) is 5.46 Å². The highest BCUT2D eigenvalue weighted by atomic mass is 19.4. The summed E-state index contributed by atoms with van der Waals surface area (Å²) >= 11 is 0. The van der Waals surface area contributed by atoms with E-state index in [4.69, 9.17) is 10.0 Å². The van der Waals surface area contributed by atoms with Crippen molar-refractivity contribution >= 4 is 24.2 Å². The number of rotatable bonds is 3. The molecule has 1 aromatic carbocycles. The summed E-state index contributed by atoms with van der Waals surface area (Å²) in [6.45, 7) is 3.12. The number of benzene rings is 1. The predicted octanol–water partition coefficient (Wildman–Crippen LogP) is 0.510. The van der Waals surface area contributed by atoms with E-state index >= 15 is 0 Å². The average molecular weight is 259 g/mol. The molecule has 3 N–H and O–H groups in total. The number of hydrogen-bond acceptors (Lipinski definition) is 3. The number of hydrogen-bond donors (Lipinski definition) is 3. The smallest absolute Gasteiger partial charge is 0.423 e. The van der Waals surface area contributed by atoms with Crippen LogP contribution >= 0.6 is 0 Å². The number of anilines is 1. The molecule has 0 saturated heterocycles. The van der Waals surface area contributed by atoms with Crippen molar-refractivity contribution in [3.05, 3.63) is 36.4 Å². The van der Waals surface area contributed by atoms with Gasteiger partial charge < -0.3 is 15.4 Å². The number of halogens is 3. The van der Waals surface area contributed by atoms with Crippen LogP contribution < -0.4 is 10.8 Å². The van der Waals surface area contributed by atoms with Gasteiger partial charge in [-0.2, -0.15) is 13.2 Å². The minimum Gasteiger partial charge on any atom is -0.423 e. The first-order chi connectivity index (χ1) is 8.25. The number of amides is 1. The Balaban J connectivity index is 3.25. The molecule has 0 aromatic heterocycles. The quantitative estimate of drug-likeness (QED) is 0.547. The molecule has 0 heterocycles. The van der Waals surface area contributed by atoms with Crippen molar-refractivity contribution in [2.75, 3.05) is 5.32 Å². The fourth-order valence-electron chi connectivity index (χ4n) is 1.25. The molecule has 8 heteroatoms. The van der Waals surface area contributed by atoms with Gasteiger partial charge >= 0.3 is 13.3 Å². The lowest BCUT2D eigenvalue weighted by molar-refractivity contribution is -0.136. The molecule has 1 amide bonds. The van der Waals surface area contributed by atoms with Gasteiger partial charge in [0.2, 0.25) is 5.91 Å². The molecule has 0 unspecified atom stereocenters. The van der Waals surface area contributed by atoms with E-state index in [2.05, 4.69) is 6.58 Å². The first-order valence-electron chi connectivity index (χ1n) is 4.76. The van der Waals surface area contributed by atoms with Gasteiger partial charge in [-0.3, -0.25) is 4.79 Å². The Labute approximate surface area is 101 Å². The van der Waals surface area contributed by atoms with Crippen LogP contribution in [0, 0.1) is 0 Å². The molecule has 0 spiro atoms. The standard InChI is InChI=1S/C10H9BF3NO3/c1-2-9(16)15-8-4-3-6(11(17)18)5-7(8)10(12,13)14/h2-5,17-18H,1H2,(H,15,16). The molecule has 0 bridgehead atoms. The Hall–Kier alpha value is -1.80. The third-order valence-electron chi connectivity index (χ3n) is 2.09. The molecular formula is C10H9BF3NO3. The van der Waals surface area contributed by atoms with Crippen molar-refractivity contribution in [1.29, 1.82) is 0 Å². The number of carbonyl (C=O) groups excluding carboxylic acids is 1.